The van der Waals surface area contributed by atoms with Crippen LogP contribution in [0.1, 0.15) is 54.6 Å². The van der Waals surface area contributed by atoms with Crippen molar-refractivity contribution >= 4 is 17.6 Å². The van der Waals surface area contributed by atoms with Crippen molar-refractivity contribution in [2.75, 3.05) is 5.32 Å². The van der Waals surface area contributed by atoms with Gasteiger partial charge in [0.15, 0.2) is 6.10 Å². The van der Waals surface area contributed by atoms with Crippen LogP contribution in [0, 0.1) is 6.92 Å². The summed E-state index contributed by atoms with van der Waals surface area (Å²) in [6, 6.07) is 14.8. The molecule has 0 aliphatic heterocycles. The lowest BCUT2D eigenvalue weighted by Gasteiger charge is -2.18. The van der Waals surface area contributed by atoms with Crippen molar-refractivity contribution in [2.45, 2.75) is 46.1 Å². The van der Waals surface area contributed by atoms with E-state index in [1.807, 2.05) is 37.3 Å². The van der Waals surface area contributed by atoms with E-state index in [2.05, 4.69) is 19.2 Å². The van der Waals surface area contributed by atoms with Gasteiger partial charge in [0.1, 0.15) is 0 Å². The average molecular weight is 339 g/mol. The molecule has 0 unspecified atom stereocenters. The van der Waals surface area contributed by atoms with Crippen LogP contribution >= 0.6 is 0 Å². The molecule has 132 valence electrons. The van der Waals surface area contributed by atoms with Gasteiger partial charge in [-0.1, -0.05) is 49.7 Å². The number of hydrogen-bond acceptors (Lipinski definition) is 3. The van der Waals surface area contributed by atoms with E-state index in [1.54, 1.807) is 25.1 Å². The normalized spacial score (nSPS) is 13.0. The van der Waals surface area contributed by atoms with Crippen LogP contribution < -0.4 is 5.32 Å². The molecule has 0 bridgehead atoms. The van der Waals surface area contributed by atoms with Crippen molar-refractivity contribution in [3.63, 3.8) is 0 Å². The summed E-state index contributed by atoms with van der Waals surface area (Å²) in [6.45, 7) is 7.70. The summed E-state index contributed by atoms with van der Waals surface area (Å²) < 4.78 is 5.30. The molecule has 1 N–H and O–H groups in total. The Labute approximate surface area is 149 Å². The Morgan fingerprint density at radius 2 is 1.80 bits per heavy atom. The van der Waals surface area contributed by atoms with Gasteiger partial charge in [-0.15, -0.1) is 0 Å². The molecule has 0 fully saturated rings. The number of para-hydroxylation sites is 1. The third-order valence-corrected chi connectivity index (χ3v) is 4.27. The van der Waals surface area contributed by atoms with Crippen LogP contribution in [0.5, 0.6) is 0 Å². The molecule has 2 aromatic rings. The molecular weight excluding hydrogens is 314 g/mol. The number of nitrogens with one attached hydrogen (secondary N) is 1. The highest BCUT2D eigenvalue weighted by atomic mass is 16.5. The molecule has 2 atom stereocenters. The molecule has 2 aromatic carbocycles. The van der Waals surface area contributed by atoms with Gasteiger partial charge in [0.25, 0.3) is 5.91 Å². The molecule has 4 nitrogen and oxygen atoms in total. The summed E-state index contributed by atoms with van der Waals surface area (Å²) in [5.74, 6) is -0.500. The first kappa shape index (κ1) is 18.7. The van der Waals surface area contributed by atoms with Crippen LogP contribution in [-0.4, -0.2) is 18.0 Å². The molecule has 2 rings (SSSR count). The largest absolute Gasteiger partial charge is 0.449 e. The minimum atomic E-state index is -0.877. The van der Waals surface area contributed by atoms with Gasteiger partial charge < -0.3 is 10.1 Å². The number of aryl methyl sites for hydroxylation is 1. The second kappa shape index (κ2) is 8.47. The van der Waals surface area contributed by atoms with Gasteiger partial charge in [-0.3, -0.25) is 4.79 Å². The fourth-order valence-electron chi connectivity index (χ4n) is 2.55. The van der Waals surface area contributed by atoms with E-state index in [4.69, 9.17) is 4.74 Å². The van der Waals surface area contributed by atoms with Gasteiger partial charge in [-0.2, -0.15) is 0 Å². The summed E-state index contributed by atoms with van der Waals surface area (Å²) in [6.07, 6.45) is 0.100. The zero-order chi connectivity index (χ0) is 18.4. The predicted molar refractivity (Wildman–Crippen MR) is 99.8 cm³/mol. The number of hydrogen-bond donors (Lipinski definition) is 1. The van der Waals surface area contributed by atoms with Gasteiger partial charge in [0.2, 0.25) is 0 Å². The minimum absolute atomic E-state index is 0.335. The van der Waals surface area contributed by atoms with Gasteiger partial charge in [-0.05, 0) is 49.9 Å². The highest BCUT2D eigenvalue weighted by molar-refractivity contribution is 5.97. The molecule has 0 aromatic heterocycles. The fraction of sp³-hybridized carbons (Fsp3) is 0.333. The molecule has 0 radical (unpaired) electrons. The fourth-order valence-corrected chi connectivity index (χ4v) is 2.55. The predicted octanol–water partition coefficient (Wildman–Crippen LogP) is 4.69. The molecule has 25 heavy (non-hydrogen) atoms. The maximum absolute atomic E-state index is 12.4. The number of amides is 1. The van der Waals surface area contributed by atoms with E-state index in [9.17, 15) is 9.59 Å². The van der Waals surface area contributed by atoms with E-state index >= 15 is 0 Å². The van der Waals surface area contributed by atoms with Crippen molar-refractivity contribution in [1.29, 1.82) is 0 Å². The Morgan fingerprint density at radius 3 is 2.48 bits per heavy atom. The Kier molecular flexibility index (Phi) is 6.34. The third kappa shape index (κ3) is 4.92. The lowest BCUT2D eigenvalue weighted by molar-refractivity contribution is -0.123. The summed E-state index contributed by atoms with van der Waals surface area (Å²) >= 11 is 0. The monoisotopic (exact) mass is 339 g/mol. The van der Waals surface area contributed by atoms with Crippen molar-refractivity contribution in [2.24, 2.45) is 0 Å². The van der Waals surface area contributed by atoms with Crippen LogP contribution in [0.2, 0.25) is 0 Å². The van der Waals surface area contributed by atoms with Crippen molar-refractivity contribution in [1.82, 2.24) is 0 Å². The second-order valence-corrected chi connectivity index (χ2v) is 6.30. The highest BCUT2D eigenvalue weighted by Crippen LogP contribution is 2.26. The maximum atomic E-state index is 12.4. The first-order valence-corrected chi connectivity index (χ1v) is 8.59. The van der Waals surface area contributed by atoms with Crippen LogP contribution in [0.25, 0.3) is 0 Å². The quantitative estimate of drug-likeness (QED) is 0.777. The summed E-state index contributed by atoms with van der Waals surface area (Å²) in [4.78, 5) is 24.6. The van der Waals surface area contributed by atoms with E-state index in [1.165, 1.54) is 0 Å². The standard InChI is InChI=1S/C21H25NO3/c1-5-15(3)18-11-6-7-12-19(18)22-20(23)16(4)25-21(24)17-10-8-9-14(2)13-17/h6-13,15-16H,5H2,1-4H3,(H,22,23)/t15-,16+/m0/s1. The summed E-state index contributed by atoms with van der Waals surface area (Å²) in [5.41, 5.74) is 3.25. The molecule has 0 heterocycles. The molecule has 0 aliphatic carbocycles. The minimum Gasteiger partial charge on any atom is -0.449 e. The zero-order valence-corrected chi connectivity index (χ0v) is 15.2. The molecule has 0 spiro atoms. The number of benzene rings is 2. The Bertz CT molecular complexity index is 754. The van der Waals surface area contributed by atoms with Gasteiger partial charge in [0, 0.05) is 5.69 Å². The molecule has 4 heteroatoms. The Hall–Kier alpha value is -2.62. The van der Waals surface area contributed by atoms with Crippen LogP contribution in [0.15, 0.2) is 48.5 Å². The van der Waals surface area contributed by atoms with Crippen LogP contribution in [-0.2, 0) is 9.53 Å². The number of rotatable bonds is 6. The summed E-state index contributed by atoms with van der Waals surface area (Å²) in [7, 11) is 0. The molecule has 1 amide bonds. The highest BCUT2D eigenvalue weighted by Gasteiger charge is 2.20. The Morgan fingerprint density at radius 1 is 1.08 bits per heavy atom. The van der Waals surface area contributed by atoms with E-state index in [0.717, 1.165) is 23.2 Å². The van der Waals surface area contributed by atoms with Crippen molar-refractivity contribution in [3.8, 4) is 0 Å². The van der Waals surface area contributed by atoms with Gasteiger partial charge in [-0.25, -0.2) is 4.79 Å². The van der Waals surface area contributed by atoms with E-state index in [0.29, 0.717) is 11.5 Å². The molecule has 0 saturated heterocycles. The molecule has 0 aliphatic rings. The second-order valence-electron chi connectivity index (χ2n) is 6.30. The zero-order valence-electron chi connectivity index (χ0n) is 15.2. The van der Waals surface area contributed by atoms with Gasteiger partial charge >= 0.3 is 5.97 Å². The number of esters is 1. The van der Waals surface area contributed by atoms with Crippen molar-refractivity contribution < 1.29 is 14.3 Å². The first-order chi connectivity index (χ1) is 11.9. The number of anilines is 1. The lowest BCUT2D eigenvalue weighted by Crippen LogP contribution is -2.30. The topological polar surface area (TPSA) is 55.4 Å². The van der Waals surface area contributed by atoms with Crippen LogP contribution in [0.4, 0.5) is 5.69 Å². The first-order valence-electron chi connectivity index (χ1n) is 8.59. The molecule has 0 saturated carbocycles. The van der Waals surface area contributed by atoms with Crippen LogP contribution in [0.3, 0.4) is 0 Å². The smallest absolute Gasteiger partial charge is 0.338 e. The van der Waals surface area contributed by atoms with E-state index < -0.39 is 12.1 Å². The van der Waals surface area contributed by atoms with E-state index in [-0.39, 0.29) is 5.91 Å². The molecular formula is C21H25NO3. The van der Waals surface area contributed by atoms with Gasteiger partial charge in [0.05, 0.1) is 5.56 Å². The maximum Gasteiger partial charge on any atom is 0.338 e. The SMILES string of the molecule is CC[C@H](C)c1ccccc1NC(=O)[C@@H](C)OC(=O)c1cccc(C)c1. The van der Waals surface area contributed by atoms with Crippen molar-refractivity contribution in [3.05, 3.63) is 65.2 Å². The third-order valence-electron chi connectivity index (χ3n) is 4.27. The lowest BCUT2D eigenvalue weighted by atomic mass is 9.97. The summed E-state index contributed by atoms with van der Waals surface area (Å²) in [5, 5.41) is 2.88. The number of ether oxygens (including phenoxy) is 1. The Balaban J connectivity index is 2.05. The number of carbonyl (C=O) groups is 2. The number of carbonyl (C=O) groups excluding carboxylic acids is 2. The average Bonchev–Trinajstić information content (AvgIpc) is 2.61.